The van der Waals surface area contributed by atoms with Crippen LogP contribution in [0.2, 0.25) is 0 Å². The van der Waals surface area contributed by atoms with Crippen LogP contribution in [0.5, 0.6) is 0 Å². The Bertz CT molecular complexity index is 525. The molecule has 1 aliphatic rings. The second-order valence-corrected chi connectivity index (χ2v) is 6.06. The molecule has 2 rings (SSSR count). The fraction of sp³-hybridized carbons (Fsp3) is 0.588. The van der Waals surface area contributed by atoms with Crippen molar-refractivity contribution in [1.29, 1.82) is 0 Å². The van der Waals surface area contributed by atoms with Gasteiger partial charge in [-0.3, -0.25) is 4.90 Å². The molecule has 2 amide bonds. The molecule has 6 heteroatoms. The molecule has 1 saturated heterocycles. The third-order valence-corrected chi connectivity index (χ3v) is 4.30. The van der Waals surface area contributed by atoms with Crippen molar-refractivity contribution in [2.75, 3.05) is 31.6 Å². The number of likely N-dealkylation sites (tertiary alicyclic amines) is 1. The highest BCUT2D eigenvalue weighted by molar-refractivity contribution is 5.89. The number of hydrogen-bond acceptors (Lipinski definition) is 3. The van der Waals surface area contributed by atoms with Crippen molar-refractivity contribution in [3.63, 3.8) is 0 Å². The Kier molecular flexibility index (Phi) is 6.80. The lowest BCUT2D eigenvalue weighted by atomic mass is 10.0. The molecule has 0 bridgehead atoms. The fourth-order valence-electron chi connectivity index (χ4n) is 2.98. The summed E-state index contributed by atoms with van der Waals surface area (Å²) >= 11 is 0. The van der Waals surface area contributed by atoms with Gasteiger partial charge in [0.25, 0.3) is 0 Å². The third-order valence-electron chi connectivity index (χ3n) is 4.30. The number of nitrogens with one attached hydrogen (secondary N) is 2. The minimum Gasteiger partial charge on any atom is -0.395 e. The fourth-order valence-corrected chi connectivity index (χ4v) is 2.98. The molecule has 1 fully saturated rings. The van der Waals surface area contributed by atoms with Crippen molar-refractivity contribution in [2.24, 2.45) is 0 Å². The normalized spacial score (nSPS) is 18.7. The number of rotatable bonds is 6. The number of benzene rings is 1. The molecule has 128 valence electrons. The molecule has 0 spiro atoms. The summed E-state index contributed by atoms with van der Waals surface area (Å²) in [5.74, 6) is -0.312. The SMILES string of the molecule is Cc1cc(F)ccc1NC(=O)NCCCN1CCCC[C@@H]1CO. The molecule has 1 heterocycles. The van der Waals surface area contributed by atoms with Crippen LogP contribution in [0.3, 0.4) is 0 Å². The van der Waals surface area contributed by atoms with Crippen LogP contribution in [0.25, 0.3) is 0 Å². The number of anilines is 1. The molecule has 3 N–H and O–H groups in total. The average Bonchev–Trinajstić information content (AvgIpc) is 2.54. The Morgan fingerprint density at radius 2 is 2.26 bits per heavy atom. The number of aryl methyl sites for hydroxylation is 1. The molecule has 0 aliphatic carbocycles. The van der Waals surface area contributed by atoms with Gasteiger partial charge in [0.2, 0.25) is 0 Å². The number of urea groups is 1. The van der Waals surface area contributed by atoms with E-state index in [0.29, 0.717) is 17.8 Å². The second kappa shape index (κ2) is 8.84. The molecule has 0 unspecified atom stereocenters. The first kappa shape index (κ1) is 17.7. The number of nitrogens with zero attached hydrogens (tertiary/aromatic N) is 1. The quantitative estimate of drug-likeness (QED) is 0.705. The van der Waals surface area contributed by atoms with Crippen LogP contribution in [0.1, 0.15) is 31.2 Å². The van der Waals surface area contributed by atoms with Crippen LogP contribution >= 0.6 is 0 Å². The highest BCUT2D eigenvalue weighted by Crippen LogP contribution is 2.17. The van der Waals surface area contributed by atoms with E-state index in [0.717, 1.165) is 25.9 Å². The zero-order chi connectivity index (χ0) is 16.7. The zero-order valence-corrected chi connectivity index (χ0v) is 13.6. The summed E-state index contributed by atoms with van der Waals surface area (Å²) in [6.45, 7) is 4.43. The van der Waals surface area contributed by atoms with Crippen LogP contribution in [0, 0.1) is 12.7 Å². The number of halogens is 1. The van der Waals surface area contributed by atoms with Gasteiger partial charge in [-0.25, -0.2) is 9.18 Å². The Morgan fingerprint density at radius 3 is 3.00 bits per heavy atom. The smallest absolute Gasteiger partial charge is 0.319 e. The average molecular weight is 323 g/mol. The van der Waals surface area contributed by atoms with Crippen molar-refractivity contribution >= 4 is 11.7 Å². The van der Waals surface area contributed by atoms with E-state index < -0.39 is 0 Å². The minimum absolute atomic E-state index is 0.206. The van der Waals surface area contributed by atoms with E-state index in [-0.39, 0.29) is 24.5 Å². The molecule has 0 saturated carbocycles. The summed E-state index contributed by atoms with van der Waals surface area (Å²) in [6, 6.07) is 4.26. The van der Waals surface area contributed by atoms with Gasteiger partial charge >= 0.3 is 6.03 Å². The first-order valence-corrected chi connectivity index (χ1v) is 8.26. The predicted octanol–water partition coefficient (Wildman–Crippen LogP) is 2.49. The van der Waals surface area contributed by atoms with Crippen LogP contribution in [-0.2, 0) is 0 Å². The molecule has 1 aliphatic heterocycles. The lowest BCUT2D eigenvalue weighted by Crippen LogP contribution is -2.43. The van der Waals surface area contributed by atoms with Crippen LogP contribution in [0.4, 0.5) is 14.9 Å². The lowest BCUT2D eigenvalue weighted by molar-refractivity contribution is 0.0894. The first-order valence-electron chi connectivity index (χ1n) is 8.26. The van der Waals surface area contributed by atoms with Gasteiger partial charge in [-0.1, -0.05) is 6.42 Å². The summed E-state index contributed by atoms with van der Waals surface area (Å²) < 4.78 is 13.0. The number of carbonyl (C=O) groups is 1. The zero-order valence-electron chi connectivity index (χ0n) is 13.6. The molecular formula is C17H26FN3O2. The third kappa shape index (κ3) is 5.48. The van der Waals surface area contributed by atoms with E-state index in [4.69, 9.17) is 0 Å². The summed E-state index contributed by atoms with van der Waals surface area (Å²) in [5, 5.41) is 14.9. The first-order chi connectivity index (χ1) is 11.1. The van der Waals surface area contributed by atoms with E-state index in [9.17, 15) is 14.3 Å². The van der Waals surface area contributed by atoms with Crippen molar-refractivity contribution in [3.8, 4) is 0 Å². The molecule has 1 aromatic rings. The summed E-state index contributed by atoms with van der Waals surface area (Å²) in [4.78, 5) is 14.2. The summed E-state index contributed by atoms with van der Waals surface area (Å²) in [5.41, 5.74) is 1.31. The molecular weight excluding hydrogens is 297 g/mol. The van der Waals surface area contributed by atoms with E-state index in [2.05, 4.69) is 15.5 Å². The van der Waals surface area contributed by atoms with Crippen molar-refractivity contribution < 1.29 is 14.3 Å². The number of carbonyl (C=O) groups excluding carboxylic acids is 1. The number of amides is 2. The number of aliphatic hydroxyl groups excluding tert-OH is 1. The molecule has 1 aromatic carbocycles. The van der Waals surface area contributed by atoms with Gasteiger partial charge in [-0.2, -0.15) is 0 Å². The van der Waals surface area contributed by atoms with Gasteiger partial charge in [0.1, 0.15) is 5.82 Å². The topological polar surface area (TPSA) is 64.6 Å². The number of piperidine rings is 1. The monoisotopic (exact) mass is 323 g/mol. The Morgan fingerprint density at radius 1 is 1.43 bits per heavy atom. The second-order valence-electron chi connectivity index (χ2n) is 6.06. The molecule has 0 aromatic heterocycles. The van der Waals surface area contributed by atoms with Crippen molar-refractivity contribution in [1.82, 2.24) is 10.2 Å². The van der Waals surface area contributed by atoms with Gasteiger partial charge < -0.3 is 15.7 Å². The molecule has 5 nitrogen and oxygen atoms in total. The Hall–Kier alpha value is -1.66. The number of hydrogen-bond donors (Lipinski definition) is 3. The van der Waals surface area contributed by atoms with Gasteiger partial charge in [0.05, 0.1) is 6.61 Å². The van der Waals surface area contributed by atoms with Crippen molar-refractivity contribution in [3.05, 3.63) is 29.6 Å². The highest BCUT2D eigenvalue weighted by atomic mass is 19.1. The van der Waals surface area contributed by atoms with E-state index in [1.54, 1.807) is 13.0 Å². The van der Waals surface area contributed by atoms with E-state index >= 15 is 0 Å². The largest absolute Gasteiger partial charge is 0.395 e. The number of aliphatic hydroxyl groups is 1. The van der Waals surface area contributed by atoms with Gasteiger partial charge in [0.15, 0.2) is 0 Å². The maximum absolute atomic E-state index is 13.0. The molecule has 23 heavy (non-hydrogen) atoms. The summed E-state index contributed by atoms with van der Waals surface area (Å²) in [7, 11) is 0. The predicted molar refractivity (Wildman–Crippen MR) is 89.1 cm³/mol. The van der Waals surface area contributed by atoms with Gasteiger partial charge in [-0.05, 0) is 56.5 Å². The minimum atomic E-state index is -0.312. The summed E-state index contributed by atoms with van der Waals surface area (Å²) in [6.07, 6.45) is 4.24. The Labute approximate surface area is 136 Å². The lowest BCUT2D eigenvalue weighted by Gasteiger charge is -2.34. The van der Waals surface area contributed by atoms with E-state index in [1.165, 1.54) is 25.0 Å². The molecule has 1 atom stereocenters. The van der Waals surface area contributed by atoms with Gasteiger partial charge in [-0.15, -0.1) is 0 Å². The van der Waals surface area contributed by atoms with Crippen LogP contribution in [0.15, 0.2) is 18.2 Å². The van der Waals surface area contributed by atoms with Crippen molar-refractivity contribution in [2.45, 2.75) is 38.6 Å². The highest BCUT2D eigenvalue weighted by Gasteiger charge is 2.20. The Balaban J connectivity index is 1.68. The maximum Gasteiger partial charge on any atom is 0.319 e. The van der Waals surface area contributed by atoms with Crippen LogP contribution in [-0.4, -0.2) is 48.3 Å². The standard InChI is InChI=1S/C17H26FN3O2/c1-13-11-14(18)6-7-16(13)20-17(23)19-8-4-10-21-9-3-2-5-15(21)12-22/h6-7,11,15,22H,2-5,8-10,12H2,1H3,(H2,19,20,23)/t15-/m1/s1. The van der Waals surface area contributed by atoms with Crippen LogP contribution < -0.4 is 10.6 Å². The molecule has 0 radical (unpaired) electrons. The maximum atomic E-state index is 13.0. The van der Waals surface area contributed by atoms with E-state index in [1.807, 2.05) is 0 Å². The van der Waals surface area contributed by atoms with Gasteiger partial charge in [0, 0.05) is 24.8 Å².